The molecule has 0 aromatic heterocycles. The first-order chi connectivity index (χ1) is 9.28. The highest BCUT2D eigenvalue weighted by atomic mass is 16.5. The summed E-state index contributed by atoms with van der Waals surface area (Å²) < 4.78 is 5.15. The van der Waals surface area contributed by atoms with Gasteiger partial charge >= 0.3 is 0 Å². The molecule has 3 nitrogen and oxygen atoms in total. The third-order valence-corrected chi connectivity index (χ3v) is 5.52. The van der Waals surface area contributed by atoms with Crippen LogP contribution in [0.15, 0.2) is 18.2 Å². The molecule has 2 bridgehead atoms. The Labute approximate surface area is 114 Å². The van der Waals surface area contributed by atoms with Gasteiger partial charge in [0.25, 0.3) is 0 Å². The van der Waals surface area contributed by atoms with Crippen LogP contribution < -0.4 is 10.1 Å². The summed E-state index contributed by atoms with van der Waals surface area (Å²) >= 11 is 0. The fourth-order valence-corrected chi connectivity index (χ4v) is 4.67. The van der Waals surface area contributed by atoms with Crippen molar-refractivity contribution in [2.45, 2.75) is 31.8 Å². The first kappa shape index (κ1) is 11.6. The van der Waals surface area contributed by atoms with Gasteiger partial charge in [0.15, 0.2) is 11.5 Å². The van der Waals surface area contributed by atoms with Crippen molar-refractivity contribution in [3.05, 3.63) is 23.8 Å². The largest absolute Gasteiger partial charge is 0.504 e. The molecule has 3 aliphatic carbocycles. The normalized spacial score (nSPS) is 38.3. The van der Waals surface area contributed by atoms with Crippen LogP contribution in [0.25, 0.3) is 0 Å². The Hall–Kier alpha value is -1.22. The molecule has 3 saturated carbocycles. The molecular weight excluding hydrogens is 238 g/mol. The maximum absolute atomic E-state index is 9.59. The van der Waals surface area contributed by atoms with Gasteiger partial charge in [-0.05, 0) is 60.6 Å². The number of phenols is 1. The molecule has 4 rings (SSSR count). The quantitative estimate of drug-likeness (QED) is 0.873. The third kappa shape index (κ3) is 1.75. The second-order valence-corrected chi connectivity index (χ2v) is 6.40. The van der Waals surface area contributed by atoms with E-state index in [9.17, 15) is 5.11 Å². The van der Waals surface area contributed by atoms with Gasteiger partial charge in [-0.1, -0.05) is 6.07 Å². The monoisotopic (exact) mass is 259 g/mol. The molecule has 19 heavy (non-hydrogen) atoms. The molecular formula is C16H21NO2. The number of methoxy groups -OCH3 is 1. The lowest BCUT2D eigenvalue weighted by Gasteiger charge is -2.11. The van der Waals surface area contributed by atoms with E-state index in [0.29, 0.717) is 5.75 Å². The Kier molecular flexibility index (Phi) is 2.52. The zero-order valence-electron chi connectivity index (χ0n) is 11.3. The number of aromatic hydroxyl groups is 1. The van der Waals surface area contributed by atoms with Crippen molar-refractivity contribution in [1.29, 1.82) is 0 Å². The van der Waals surface area contributed by atoms with Crippen molar-refractivity contribution in [3.8, 4) is 11.5 Å². The van der Waals surface area contributed by atoms with Crippen molar-refractivity contribution in [1.82, 2.24) is 5.32 Å². The summed E-state index contributed by atoms with van der Waals surface area (Å²) in [5.74, 6) is 4.75. The van der Waals surface area contributed by atoms with Crippen LogP contribution in [0.2, 0.25) is 0 Å². The summed E-state index contributed by atoms with van der Waals surface area (Å²) in [5.41, 5.74) is 1.19. The van der Waals surface area contributed by atoms with Gasteiger partial charge in [0.05, 0.1) is 7.11 Å². The lowest BCUT2D eigenvalue weighted by Crippen LogP contribution is -2.22. The maximum atomic E-state index is 9.59. The Balaban J connectivity index is 1.39. The number of nitrogens with one attached hydrogen (secondary N) is 1. The molecule has 102 valence electrons. The first-order valence-electron chi connectivity index (χ1n) is 7.37. The highest BCUT2D eigenvalue weighted by Gasteiger charge is 2.64. The minimum Gasteiger partial charge on any atom is -0.504 e. The minimum atomic E-state index is 0.215. The zero-order chi connectivity index (χ0) is 13.0. The predicted molar refractivity (Wildman–Crippen MR) is 73.1 cm³/mol. The van der Waals surface area contributed by atoms with E-state index in [2.05, 4.69) is 5.32 Å². The lowest BCUT2D eigenvalue weighted by molar-refractivity contribution is 0.372. The molecule has 0 radical (unpaired) electrons. The summed E-state index contributed by atoms with van der Waals surface area (Å²) in [5, 5.41) is 13.3. The van der Waals surface area contributed by atoms with Crippen LogP contribution in [0.3, 0.4) is 0 Å². The van der Waals surface area contributed by atoms with Gasteiger partial charge in [-0.15, -0.1) is 0 Å². The van der Waals surface area contributed by atoms with E-state index in [0.717, 1.165) is 36.3 Å². The van der Waals surface area contributed by atoms with Gasteiger partial charge in [0.1, 0.15) is 0 Å². The van der Waals surface area contributed by atoms with Crippen molar-refractivity contribution in [2.75, 3.05) is 7.11 Å². The number of hydrogen-bond acceptors (Lipinski definition) is 3. The van der Waals surface area contributed by atoms with E-state index < -0.39 is 0 Å². The van der Waals surface area contributed by atoms with E-state index in [1.165, 1.54) is 24.8 Å². The molecule has 0 heterocycles. The highest BCUT2D eigenvalue weighted by Crippen LogP contribution is 2.65. The van der Waals surface area contributed by atoms with Crippen LogP contribution >= 0.6 is 0 Å². The van der Waals surface area contributed by atoms with E-state index in [4.69, 9.17) is 4.74 Å². The third-order valence-electron chi connectivity index (χ3n) is 5.52. The maximum Gasteiger partial charge on any atom is 0.160 e. The molecule has 4 atom stereocenters. The summed E-state index contributed by atoms with van der Waals surface area (Å²) in [6.07, 6.45) is 4.44. The van der Waals surface area contributed by atoms with Crippen LogP contribution in [-0.4, -0.2) is 18.3 Å². The van der Waals surface area contributed by atoms with Gasteiger partial charge in [0.2, 0.25) is 0 Å². The highest BCUT2D eigenvalue weighted by molar-refractivity contribution is 5.41. The molecule has 0 amide bonds. The van der Waals surface area contributed by atoms with Gasteiger partial charge in [-0.2, -0.15) is 0 Å². The Morgan fingerprint density at radius 3 is 2.68 bits per heavy atom. The first-order valence-corrected chi connectivity index (χ1v) is 7.37. The standard InChI is InChI=1S/C16H21NO2/c1-19-13-6-9(2-5-12(13)18)8-17-16-14-10-3-4-11(7-10)15(14)16/h2,5-6,10-11,14-18H,3-4,7-8H2,1H3. The molecule has 4 unspecified atom stereocenters. The SMILES string of the molecule is COc1cc(CNC2C3C4CCC(C4)C23)ccc1O. The number of rotatable bonds is 4. The van der Waals surface area contributed by atoms with Crippen molar-refractivity contribution >= 4 is 0 Å². The number of hydrogen-bond donors (Lipinski definition) is 2. The van der Waals surface area contributed by atoms with E-state index >= 15 is 0 Å². The Morgan fingerprint density at radius 1 is 1.26 bits per heavy atom. The molecule has 0 saturated heterocycles. The average Bonchev–Trinajstić information content (AvgIpc) is 2.81. The van der Waals surface area contributed by atoms with Crippen molar-refractivity contribution < 1.29 is 9.84 Å². The second-order valence-electron chi connectivity index (χ2n) is 6.40. The fourth-order valence-electron chi connectivity index (χ4n) is 4.67. The molecule has 0 aliphatic heterocycles. The fraction of sp³-hybridized carbons (Fsp3) is 0.625. The summed E-state index contributed by atoms with van der Waals surface area (Å²) in [6.45, 7) is 0.883. The predicted octanol–water partition coefficient (Wildman–Crippen LogP) is 2.53. The number of fused-ring (bicyclic) bond motifs is 5. The molecule has 0 spiro atoms. The minimum absolute atomic E-state index is 0.215. The zero-order valence-corrected chi connectivity index (χ0v) is 11.3. The van der Waals surface area contributed by atoms with Crippen LogP contribution in [0.1, 0.15) is 24.8 Å². The molecule has 1 aromatic rings. The van der Waals surface area contributed by atoms with Gasteiger partial charge in [0, 0.05) is 12.6 Å². The van der Waals surface area contributed by atoms with Crippen molar-refractivity contribution in [3.63, 3.8) is 0 Å². The Bertz CT molecular complexity index is 486. The van der Waals surface area contributed by atoms with Crippen LogP contribution in [0, 0.1) is 23.7 Å². The van der Waals surface area contributed by atoms with E-state index in [1.807, 2.05) is 12.1 Å². The number of benzene rings is 1. The molecule has 3 aliphatic rings. The molecule has 2 N–H and O–H groups in total. The van der Waals surface area contributed by atoms with Crippen LogP contribution in [0.4, 0.5) is 0 Å². The van der Waals surface area contributed by atoms with E-state index in [1.54, 1.807) is 13.2 Å². The summed E-state index contributed by atoms with van der Waals surface area (Å²) in [6, 6.07) is 6.37. The van der Waals surface area contributed by atoms with Crippen LogP contribution in [-0.2, 0) is 6.54 Å². The molecule has 3 fully saturated rings. The molecule has 3 heteroatoms. The van der Waals surface area contributed by atoms with Gasteiger partial charge in [-0.25, -0.2) is 0 Å². The van der Waals surface area contributed by atoms with Gasteiger partial charge < -0.3 is 15.2 Å². The van der Waals surface area contributed by atoms with Crippen molar-refractivity contribution in [2.24, 2.45) is 23.7 Å². The van der Waals surface area contributed by atoms with Gasteiger partial charge in [-0.3, -0.25) is 0 Å². The lowest BCUT2D eigenvalue weighted by atomic mass is 10.0. The number of phenolic OH excluding ortho intramolecular Hbond substituents is 1. The topological polar surface area (TPSA) is 41.5 Å². The van der Waals surface area contributed by atoms with E-state index in [-0.39, 0.29) is 5.75 Å². The second kappa shape index (κ2) is 4.14. The summed E-state index contributed by atoms with van der Waals surface area (Å²) in [4.78, 5) is 0. The Morgan fingerprint density at radius 2 is 2.00 bits per heavy atom. The molecule has 1 aromatic carbocycles. The van der Waals surface area contributed by atoms with Crippen LogP contribution in [0.5, 0.6) is 11.5 Å². The summed E-state index contributed by atoms with van der Waals surface area (Å²) in [7, 11) is 1.59. The average molecular weight is 259 g/mol. The number of ether oxygens (including phenoxy) is 1. The smallest absolute Gasteiger partial charge is 0.160 e.